The minimum atomic E-state index is -0.284. The zero-order chi connectivity index (χ0) is 18.5. The maximum absolute atomic E-state index is 12.6. The molecule has 6 heteroatoms. The number of carbonyl (C=O) groups is 1. The molecule has 1 N–H and O–H groups in total. The molecule has 0 aromatic heterocycles. The lowest BCUT2D eigenvalue weighted by atomic mass is 10.2. The predicted molar refractivity (Wildman–Crippen MR) is 105 cm³/mol. The molecule has 1 aliphatic heterocycles. The molecule has 1 heterocycles. The summed E-state index contributed by atoms with van der Waals surface area (Å²) in [5, 5.41) is 2.98. The topological polar surface area (TPSA) is 50.8 Å². The highest BCUT2D eigenvalue weighted by atomic mass is 32.2. The molecule has 0 bridgehead atoms. The number of nitrogens with one attached hydrogen (secondary N) is 1. The summed E-state index contributed by atoms with van der Waals surface area (Å²) >= 11 is 1.65. The van der Waals surface area contributed by atoms with Crippen LogP contribution in [0.15, 0.2) is 53.4 Å². The SMILES string of the molecule is CSc1cccc(NC(=O)C(C)N(C)CC2COc3ccccc3O2)c1. The minimum absolute atomic E-state index is 0.0390. The van der Waals surface area contributed by atoms with E-state index in [2.05, 4.69) is 5.32 Å². The summed E-state index contributed by atoms with van der Waals surface area (Å²) in [6.45, 7) is 2.98. The number of hydrogen-bond acceptors (Lipinski definition) is 5. The summed E-state index contributed by atoms with van der Waals surface area (Å²) in [6.07, 6.45) is 1.91. The Morgan fingerprint density at radius 1 is 1.27 bits per heavy atom. The molecule has 2 atom stereocenters. The minimum Gasteiger partial charge on any atom is -0.486 e. The highest BCUT2D eigenvalue weighted by Gasteiger charge is 2.26. The Hall–Kier alpha value is -2.18. The van der Waals surface area contributed by atoms with Gasteiger partial charge in [0.25, 0.3) is 0 Å². The third kappa shape index (κ3) is 4.51. The number of carbonyl (C=O) groups excluding carboxylic acids is 1. The van der Waals surface area contributed by atoms with E-state index in [1.165, 1.54) is 0 Å². The van der Waals surface area contributed by atoms with Crippen LogP contribution in [0.5, 0.6) is 11.5 Å². The largest absolute Gasteiger partial charge is 0.486 e. The van der Waals surface area contributed by atoms with Gasteiger partial charge in [-0.05, 0) is 50.6 Å². The Balaban J connectivity index is 1.55. The van der Waals surface area contributed by atoms with E-state index in [9.17, 15) is 4.79 Å². The molecule has 0 fully saturated rings. The van der Waals surface area contributed by atoms with E-state index in [1.807, 2.05) is 73.7 Å². The van der Waals surface area contributed by atoms with E-state index >= 15 is 0 Å². The normalized spacial score (nSPS) is 17.0. The summed E-state index contributed by atoms with van der Waals surface area (Å²) in [7, 11) is 1.92. The third-order valence-electron chi connectivity index (χ3n) is 4.44. The van der Waals surface area contributed by atoms with Crippen LogP contribution in [0.25, 0.3) is 0 Å². The summed E-state index contributed by atoms with van der Waals surface area (Å²) in [4.78, 5) is 15.7. The van der Waals surface area contributed by atoms with Crippen molar-refractivity contribution in [1.29, 1.82) is 0 Å². The fraction of sp³-hybridized carbons (Fsp3) is 0.350. The first-order valence-corrected chi connectivity index (χ1v) is 9.83. The standard InChI is InChI=1S/C20H24N2O3S/c1-14(20(23)21-15-7-6-8-17(11-15)26-3)22(2)12-16-13-24-18-9-4-5-10-19(18)25-16/h4-11,14,16H,12-13H2,1-3H3,(H,21,23). The van der Waals surface area contributed by atoms with Crippen molar-refractivity contribution in [3.05, 3.63) is 48.5 Å². The first-order valence-electron chi connectivity index (χ1n) is 8.60. The van der Waals surface area contributed by atoms with Gasteiger partial charge < -0.3 is 14.8 Å². The Bertz CT molecular complexity index is 768. The lowest BCUT2D eigenvalue weighted by Crippen LogP contribution is -2.46. The average Bonchev–Trinajstić information content (AvgIpc) is 2.67. The van der Waals surface area contributed by atoms with Gasteiger partial charge in [0.15, 0.2) is 11.5 Å². The number of benzene rings is 2. The van der Waals surface area contributed by atoms with E-state index in [-0.39, 0.29) is 18.1 Å². The van der Waals surface area contributed by atoms with E-state index in [0.29, 0.717) is 13.2 Å². The summed E-state index contributed by atoms with van der Waals surface area (Å²) < 4.78 is 11.7. The molecule has 5 nitrogen and oxygen atoms in total. The van der Waals surface area contributed by atoms with E-state index in [4.69, 9.17) is 9.47 Å². The van der Waals surface area contributed by atoms with Gasteiger partial charge in [-0.2, -0.15) is 0 Å². The molecule has 2 aromatic rings. The van der Waals surface area contributed by atoms with Crippen molar-refractivity contribution in [1.82, 2.24) is 4.90 Å². The number of likely N-dealkylation sites (N-methyl/N-ethyl adjacent to an activating group) is 1. The highest BCUT2D eigenvalue weighted by molar-refractivity contribution is 7.98. The van der Waals surface area contributed by atoms with Crippen molar-refractivity contribution < 1.29 is 14.3 Å². The second-order valence-electron chi connectivity index (χ2n) is 6.33. The van der Waals surface area contributed by atoms with Crippen LogP contribution >= 0.6 is 11.8 Å². The number of hydrogen-bond donors (Lipinski definition) is 1. The number of para-hydroxylation sites is 2. The predicted octanol–water partition coefficient (Wildman–Crippen LogP) is 3.51. The molecule has 3 rings (SSSR count). The van der Waals surface area contributed by atoms with Crippen molar-refractivity contribution in [2.75, 3.05) is 31.8 Å². The Labute approximate surface area is 158 Å². The molecule has 0 radical (unpaired) electrons. The number of thioether (sulfide) groups is 1. The van der Waals surface area contributed by atoms with Gasteiger partial charge in [-0.1, -0.05) is 18.2 Å². The van der Waals surface area contributed by atoms with Crippen molar-refractivity contribution in [2.24, 2.45) is 0 Å². The van der Waals surface area contributed by atoms with Gasteiger partial charge >= 0.3 is 0 Å². The molecule has 0 spiro atoms. The van der Waals surface area contributed by atoms with Gasteiger partial charge in [0.2, 0.25) is 5.91 Å². The Morgan fingerprint density at radius 3 is 2.81 bits per heavy atom. The Kier molecular flexibility index (Phi) is 6.06. The fourth-order valence-corrected chi connectivity index (χ4v) is 3.24. The number of amides is 1. The molecular weight excluding hydrogens is 348 g/mol. The molecule has 1 amide bonds. The molecule has 1 aliphatic rings. The molecule has 0 saturated carbocycles. The maximum Gasteiger partial charge on any atom is 0.241 e. The van der Waals surface area contributed by atoms with Crippen LogP contribution in [0.3, 0.4) is 0 Å². The monoisotopic (exact) mass is 372 g/mol. The van der Waals surface area contributed by atoms with Crippen LogP contribution in [-0.2, 0) is 4.79 Å². The second kappa shape index (κ2) is 8.47. The van der Waals surface area contributed by atoms with Gasteiger partial charge in [0, 0.05) is 17.1 Å². The average molecular weight is 372 g/mol. The number of ether oxygens (including phenoxy) is 2. The maximum atomic E-state index is 12.6. The number of rotatable bonds is 6. The van der Waals surface area contributed by atoms with Crippen molar-refractivity contribution in [2.45, 2.75) is 24.0 Å². The van der Waals surface area contributed by atoms with Crippen molar-refractivity contribution >= 4 is 23.4 Å². The summed E-state index contributed by atoms with van der Waals surface area (Å²) in [6, 6.07) is 15.2. The number of nitrogens with zero attached hydrogens (tertiary/aromatic N) is 1. The van der Waals surface area contributed by atoms with Crippen LogP contribution in [0.1, 0.15) is 6.92 Å². The van der Waals surface area contributed by atoms with Gasteiger partial charge in [0.05, 0.1) is 6.04 Å². The summed E-state index contributed by atoms with van der Waals surface area (Å²) in [5.74, 6) is 1.48. The molecule has 2 aromatic carbocycles. The second-order valence-corrected chi connectivity index (χ2v) is 7.21. The van der Waals surface area contributed by atoms with Gasteiger partial charge in [-0.15, -0.1) is 11.8 Å². The number of anilines is 1. The van der Waals surface area contributed by atoms with E-state index < -0.39 is 0 Å². The lowest BCUT2D eigenvalue weighted by molar-refractivity contribution is -0.120. The van der Waals surface area contributed by atoms with Crippen molar-refractivity contribution in [3.63, 3.8) is 0 Å². The molecular formula is C20H24N2O3S. The first-order chi connectivity index (χ1) is 12.6. The van der Waals surface area contributed by atoms with E-state index in [1.54, 1.807) is 11.8 Å². The third-order valence-corrected chi connectivity index (χ3v) is 5.16. The summed E-state index contributed by atoms with van der Waals surface area (Å²) in [5.41, 5.74) is 0.813. The van der Waals surface area contributed by atoms with Crippen LogP contribution in [0, 0.1) is 0 Å². The first kappa shape index (κ1) is 18.6. The van der Waals surface area contributed by atoms with Crippen LogP contribution in [0.4, 0.5) is 5.69 Å². The highest BCUT2D eigenvalue weighted by Crippen LogP contribution is 2.31. The van der Waals surface area contributed by atoms with Crippen LogP contribution in [-0.4, -0.2) is 49.4 Å². The molecule has 0 saturated heterocycles. The molecule has 138 valence electrons. The zero-order valence-electron chi connectivity index (χ0n) is 15.3. The van der Waals surface area contributed by atoms with Gasteiger partial charge in [-0.25, -0.2) is 0 Å². The zero-order valence-corrected chi connectivity index (χ0v) is 16.1. The van der Waals surface area contributed by atoms with Crippen molar-refractivity contribution in [3.8, 4) is 11.5 Å². The van der Waals surface area contributed by atoms with Crippen LogP contribution < -0.4 is 14.8 Å². The van der Waals surface area contributed by atoms with Gasteiger partial charge in [0.1, 0.15) is 12.7 Å². The van der Waals surface area contributed by atoms with Gasteiger partial charge in [-0.3, -0.25) is 9.69 Å². The lowest BCUT2D eigenvalue weighted by Gasteiger charge is -2.31. The Morgan fingerprint density at radius 2 is 2.04 bits per heavy atom. The molecule has 26 heavy (non-hydrogen) atoms. The smallest absolute Gasteiger partial charge is 0.241 e. The quantitative estimate of drug-likeness (QED) is 0.787. The van der Waals surface area contributed by atoms with E-state index in [0.717, 1.165) is 22.1 Å². The molecule has 0 aliphatic carbocycles. The fourth-order valence-electron chi connectivity index (χ4n) is 2.78. The molecule has 2 unspecified atom stereocenters. The number of fused-ring (bicyclic) bond motifs is 1. The van der Waals surface area contributed by atoms with Crippen LogP contribution in [0.2, 0.25) is 0 Å².